The molecule has 0 aliphatic carbocycles. The summed E-state index contributed by atoms with van der Waals surface area (Å²) in [4.78, 5) is 28.3. The molecule has 0 bridgehead atoms. The number of aryl methyl sites for hydroxylation is 1. The highest BCUT2D eigenvalue weighted by Crippen LogP contribution is 2.26. The van der Waals surface area contributed by atoms with E-state index in [9.17, 15) is 18.0 Å². The van der Waals surface area contributed by atoms with Gasteiger partial charge in [-0.15, -0.1) is 0 Å². The average molecular weight is 570 g/mol. The van der Waals surface area contributed by atoms with Crippen LogP contribution in [0.15, 0.2) is 83.8 Å². The molecule has 0 spiro atoms. The molecule has 0 saturated carbocycles. The summed E-state index contributed by atoms with van der Waals surface area (Å²) < 4.78 is 28.7. The molecular weight excluding hydrogens is 534 g/mol. The summed E-state index contributed by atoms with van der Waals surface area (Å²) in [7, 11) is -4.12. The second-order valence-corrected chi connectivity index (χ2v) is 11.7. The predicted molar refractivity (Wildman–Crippen MR) is 156 cm³/mol. The van der Waals surface area contributed by atoms with Gasteiger partial charge in [0.25, 0.3) is 10.0 Å². The number of amides is 2. The molecule has 0 aliphatic heterocycles. The number of nitrogens with one attached hydrogen (secondary N) is 1. The van der Waals surface area contributed by atoms with Crippen molar-refractivity contribution in [3.8, 4) is 0 Å². The molecule has 9 heteroatoms. The molecule has 0 saturated heterocycles. The van der Waals surface area contributed by atoms with E-state index >= 15 is 0 Å². The Morgan fingerprint density at radius 3 is 2.31 bits per heavy atom. The van der Waals surface area contributed by atoms with Crippen LogP contribution < -0.4 is 9.62 Å². The van der Waals surface area contributed by atoms with E-state index in [0.29, 0.717) is 23.7 Å². The Hall–Kier alpha value is -3.36. The summed E-state index contributed by atoms with van der Waals surface area (Å²) in [5.74, 6) is -0.740. The second-order valence-electron chi connectivity index (χ2n) is 9.45. The minimum absolute atomic E-state index is 0.0161. The van der Waals surface area contributed by atoms with Crippen LogP contribution in [0.1, 0.15) is 37.8 Å². The zero-order chi connectivity index (χ0) is 28.4. The predicted octanol–water partition coefficient (Wildman–Crippen LogP) is 5.22. The number of unbranched alkanes of at least 4 members (excludes halogenated alkanes) is 1. The number of nitrogens with zero attached hydrogens (tertiary/aromatic N) is 2. The normalized spacial score (nSPS) is 12.0. The SMILES string of the molecule is CCCCNC(=O)[C@@H](C)N(CCc1ccccc1)C(=O)CN(c1cccc(C)c1)S(=O)(=O)c1ccc(Cl)cc1. The van der Waals surface area contributed by atoms with Crippen molar-refractivity contribution in [2.24, 2.45) is 0 Å². The van der Waals surface area contributed by atoms with Gasteiger partial charge in [-0.2, -0.15) is 0 Å². The molecule has 1 N–H and O–H groups in total. The first-order valence-electron chi connectivity index (χ1n) is 13.1. The fourth-order valence-electron chi connectivity index (χ4n) is 4.15. The summed E-state index contributed by atoms with van der Waals surface area (Å²) >= 11 is 5.99. The van der Waals surface area contributed by atoms with E-state index in [0.717, 1.165) is 28.3 Å². The van der Waals surface area contributed by atoms with Crippen molar-refractivity contribution in [3.63, 3.8) is 0 Å². The third kappa shape index (κ3) is 8.31. The lowest BCUT2D eigenvalue weighted by Crippen LogP contribution is -2.52. The highest BCUT2D eigenvalue weighted by molar-refractivity contribution is 7.92. The molecule has 0 fully saturated rings. The molecule has 3 aromatic rings. The number of anilines is 1. The van der Waals surface area contributed by atoms with E-state index in [2.05, 4.69) is 5.32 Å². The van der Waals surface area contributed by atoms with E-state index in [1.54, 1.807) is 25.1 Å². The lowest BCUT2D eigenvalue weighted by Gasteiger charge is -2.32. The minimum Gasteiger partial charge on any atom is -0.354 e. The van der Waals surface area contributed by atoms with E-state index in [1.165, 1.54) is 29.2 Å². The van der Waals surface area contributed by atoms with Gasteiger partial charge in [-0.25, -0.2) is 8.42 Å². The summed E-state index contributed by atoms with van der Waals surface area (Å²) in [6, 6.07) is 21.7. The highest BCUT2D eigenvalue weighted by Gasteiger charge is 2.32. The van der Waals surface area contributed by atoms with Gasteiger partial charge in [0.2, 0.25) is 11.8 Å². The minimum atomic E-state index is -4.12. The molecule has 0 unspecified atom stereocenters. The highest BCUT2D eigenvalue weighted by atomic mass is 35.5. The summed E-state index contributed by atoms with van der Waals surface area (Å²) in [6.07, 6.45) is 2.28. The first kappa shape index (κ1) is 30.2. The molecule has 2 amide bonds. The van der Waals surface area contributed by atoms with Gasteiger partial charge in [0.15, 0.2) is 0 Å². The Labute approximate surface area is 236 Å². The Kier molecular flexibility index (Phi) is 10.9. The number of benzene rings is 3. The Morgan fingerprint density at radius 1 is 0.974 bits per heavy atom. The number of sulfonamides is 1. The van der Waals surface area contributed by atoms with Crippen LogP contribution in [0.2, 0.25) is 5.02 Å². The monoisotopic (exact) mass is 569 g/mol. The molecule has 39 heavy (non-hydrogen) atoms. The lowest BCUT2D eigenvalue weighted by molar-refractivity contribution is -0.138. The zero-order valence-electron chi connectivity index (χ0n) is 22.6. The van der Waals surface area contributed by atoms with Gasteiger partial charge >= 0.3 is 0 Å². The quantitative estimate of drug-likeness (QED) is 0.286. The number of halogens is 1. The van der Waals surface area contributed by atoms with Crippen LogP contribution in [0.3, 0.4) is 0 Å². The van der Waals surface area contributed by atoms with Crippen molar-refractivity contribution >= 4 is 39.1 Å². The molecule has 3 aromatic carbocycles. The van der Waals surface area contributed by atoms with Gasteiger partial charge in [-0.05, 0) is 74.2 Å². The number of carbonyl (C=O) groups is 2. The molecule has 0 aromatic heterocycles. The van der Waals surface area contributed by atoms with Crippen LogP contribution in [0.25, 0.3) is 0 Å². The molecule has 208 valence electrons. The Bertz CT molecular complexity index is 1350. The Morgan fingerprint density at radius 2 is 1.67 bits per heavy atom. The van der Waals surface area contributed by atoms with Crippen molar-refractivity contribution < 1.29 is 18.0 Å². The lowest BCUT2D eigenvalue weighted by atomic mass is 10.1. The van der Waals surface area contributed by atoms with Crippen LogP contribution in [0.4, 0.5) is 5.69 Å². The third-order valence-electron chi connectivity index (χ3n) is 6.45. The largest absolute Gasteiger partial charge is 0.354 e. The molecule has 0 aliphatic rings. The van der Waals surface area contributed by atoms with E-state index in [1.807, 2.05) is 50.2 Å². The van der Waals surface area contributed by atoms with Crippen LogP contribution in [0.5, 0.6) is 0 Å². The first-order chi connectivity index (χ1) is 18.6. The van der Waals surface area contributed by atoms with Crippen molar-refractivity contribution in [3.05, 3.63) is 95.0 Å². The Balaban J connectivity index is 1.95. The van der Waals surface area contributed by atoms with Gasteiger partial charge in [0.1, 0.15) is 12.6 Å². The van der Waals surface area contributed by atoms with E-state index in [4.69, 9.17) is 11.6 Å². The smallest absolute Gasteiger partial charge is 0.264 e. The van der Waals surface area contributed by atoms with Crippen LogP contribution >= 0.6 is 11.6 Å². The number of carbonyl (C=O) groups excluding carboxylic acids is 2. The second kappa shape index (κ2) is 14.1. The van der Waals surface area contributed by atoms with Gasteiger partial charge < -0.3 is 10.2 Å². The number of hydrogen-bond acceptors (Lipinski definition) is 4. The molecule has 0 radical (unpaired) electrons. The molecule has 0 heterocycles. The molecule has 3 rings (SSSR count). The average Bonchev–Trinajstić information content (AvgIpc) is 2.92. The van der Waals surface area contributed by atoms with Gasteiger partial charge in [0.05, 0.1) is 10.6 Å². The zero-order valence-corrected chi connectivity index (χ0v) is 24.2. The van der Waals surface area contributed by atoms with Crippen molar-refractivity contribution in [1.29, 1.82) is 0 Å². The van der Waals surface area contributed by atoms with Gasteiger partial charge in [-0.1, -0.05) is 67.4 Å². The fourth-order valence-corrected chi connectivity index (χ4v) is 5.68. The van der Waals surface area contributed by atoms with Crippen LogP contribution in [-0.2, 0) is 26.0 Å². The van der Waals surface area contributed by atoms with Crippen LogP contribution in [-0.4, -0.2) is 50.8 Å². The third-order valence-corrected chi connectivity index (χ3v) is 8.49. The van der Waals surface area contributed by atoms with Crippen molar-refractivity contribution in [2.75, 3.05) is 23.9 Å². The van der Waals surface area contributed by atoms with Crippen molar-refractivity contribution in [1.82, 2.24) is 10.2 Å². The standard InChI is InChI=1S/C30H36ClN3O4S/c1-4-5-19-32-30(36)24(3)33(20-18-25-11-7-6-8-12-25)29(35)22-34(27-13-9-10-23(2)21-27)39(37,38)28-16-14-26(31)15-17-28/h6-17,21,24H,4-5,18-20,22H2,1-3H3,(H,32,36)/t24-/m1/s1. The summed E-state index contributed by atoms with van der Waals surface area (Å²) in [5.41, 5.74) is 2.22. The van der Waals surface area contributed by atoms with Gasteiger partial charge in [0, 0.05) is 18.1 Å². The maximum Gasteiger partial charge on any atom is 0.264 e. The van der Waals surface area contributed by atoms with E-state index < -0.39 is 28.5 Å². The first-order valence-corrected chi connectivity index (χ1v) is 14.9. The maximum atomic E-state index is 13.9. The molecule has 1 atom stereocenters. The number of hydrogen-bond donors (Lipinski definition) is 1. The molecular formula is C30H36ClN3O4S. The van der Waals surface area contributed by atoms with Crippen LogP contribution in [0, 0.1) is 6.92 Å². The molecule has 7 nitrogen and oxygen atoms in total. The topological polar surface area (TPSA) is 86.8 Å². The fraction of sp³-hybridized carbons (Fsp3) is 0.333. The summed E-state index contributed by atoms with van der Waals surface area (Å²) in [6.45, 7) is 5.87. The maximum absolute atomic E-state index is 13.9. The van der Waals surface area contributed by atoms with E-state index in [-0.39, 0.29) is 17.3 Å². The number of rotatable bonds is 13. The van der Waals surface area contributed by atoms with Gasteiger partial charge in [-0.3, -0.25) is 13.9 Å². The summed E-state index contributed by atoms with van der Waals surface area (Å²) in [5, 5.41) is 3.30. The van der Waals surface area contributed by atoms with Crippen molar-refractivity contribution in [2.45, 2.75) is 51.0 Å².